The van der Waals surface area contributed by atoms with Gasteiger partial charge in [0.25, 0.3) is 0 Å². The Morgan fingerprint density at radius 1 is 1.30 bits per heavy atom. The summed E-state index contributed by atoms with van der Waals surface area (Å²) < 4.78 is 5.28. The number of carbonyl (C=O) groups excluding carboxylic acids is 1. The van der Waals surface area contributed by atoms with Gasteiger partial charge in [-0.15, -0.1) is 0 Å². The van der Waals surface area contributed by atoms with E-state index in [9.17, 15) is 9.59 Å². The van der Waals surface area contributed by atoms with Crippen molar-refractivity contribution in [3.8, 4) is 5.75 Å². The predicted molar refractivity (Wildman–Crippen MR) is 75.9 cm³/mol. The maximum atomic E-state index is 12.6. The lowest BCUT2D eigenvalue weighted by Crippen LogP contribution is -2.48. The van der Waals surface area contributed by atoms with Crippen molar-refractivity contribution < 1.29 is 19.4 Å². The lowest BCUT2D eigenvalue weighted by Gasteiger charge is -2.32. The van der Waals surface area contributed by atoms with Gasteiger partial charge in [-0.05, 0) is 26.8 Å². The number of amides is 1. The zero-order valence-electron chi connectivity index (χ0n) is 12.5. The maximum absolute atomic E-state index is 12.6. The minimum absolute atomic E-state index is 0.267. The Morgan fingerprint density at radius 2 is 1.85 bits per heavy atom. The number of carboxylic acid groups (broad SMARTS) is 1. The molecule has 5 nitrogen and oxygen atoms in total. The first-order valence-corrected chi connectivity index (χ1v) is 6.37. The van der Waals surface area contributed by atoms with Crippen LogP contribution in [0.15, 0.2) is 24.3 Å². The number of nitrogens with zero attached hydrogens (tertiary/aromatic N) is 1. The Morgan fingerprint density at radius 3 is 2.35 bits per heavy atom. The first kappa shape index (κ1) is 16.0. The minimum atomic E-state index is -1.03. The smallest absolute Gasteiger partial charge is 0.326 e. The molecule has 0 fully saturated rings. The molecule has 1 atom stereocenters. The van der Waals surface area contributed by atoms with Gasteiger partial charge in [-0.2, -0.15) is 0 Å². The van der Waals surface area contributed by atoms with Crippen LogP contribution in [0.25, 0.3) is 0 Å². The number of methoxy groups -OCH3 is 1. The van der Waals surface area contributed by atoms with Crippen molar-refractivity contribution in [1.82, 2.24) is 4.90 Å². The first-order valence-electron chi connectivity index (χ1n) is 6.37. The Hall–Kier alpha value is -2.04. The highest BCUT2D eigenvalue weighted by Gasteiger charge is 2.37. The number of likely N-dealkylation sites (N-methyl/N-ethyl adjacent to an activating group) is 1. The highest BCUT2D eigenvalue weighted by Crippen LogP contribution is 2.33. The van der Waals surface area contributed by atoms with Crippen LogP contribution in [0.3, 0.4) is 0 Å². The van der Waals surface area contributed by atoms with E-state index in [0.717, 1.165) is 5.56 Å². The van der Waals surface area contributed by atoms with Crippen molar-refractivity contribution >= 4 is 11.9 Å². The molecule has 0 bridgehead atoms. The second-order valence-corrected chi connectivity index (χ2v) is 5.26. The van der Waals surface area contributed by atoms with E-state index in [4.69, 9.17) is 9.84 Å². The van der Waals surface area contributed by atoms with Crippen LogP contribution in [-0.2, 0) is 15.0 Å². The molecule has 0 aliphatic heterocycles. The molecule has 0 aliphatic carbocycles. The topological polar surface area (TPSA) is 66.8 Å². The number of hydrogen-bond acceptors (Lipinski definition) is 3. The molecule has 0 saturated carbocycles. The molecule has 0 heterocycles. The summed E-state index contributed by atoms with van der Waals surface area (Å²) in [6, 6.07) is 6.37. The van der Waals surface area contributed by atoms with Crippen LogP contribution in [0.2, 0.25) is 0 Å². The van der Waals surface area contributed by atoms with E-state index in [2.05, 4.69) is 0 Å². The molecule has 1 aromatic rings. The zero-order valence-corrected chi connectivity index (χ0v) is 12.5. The number of aliphatic carboxylic acids is 1. The molecule has 0 saturated heterocycles. The SMILES string of the molecule is COc1ccccc1C(C)(C)C(=O)N(C)C(C)C(=O)O. The van der Waals surface area contributed by atoms with Gasteiger partial charge in [0.15, 0.2) is 0 Å². The van der Waals surface area contributed by atoms with Gasteiger partial charge < -0.3 is 14.7 Å². The predicted octanol–water partition coefficient (Wildman–Crippen LogP) is 1.90. The molecule has 0 spiro atoms. The van der Waals surface area contributed by atoms with E-state index in [0.29, 0.717) is 5.75 Å². The highest BCUT2D eigenvalue weighted by atomic mass is 16.5. The van der Waals surface area contributed by atoms with Crippen LogP contribution < -0.4 is 4.74 Å². The average molecular weight is 279 g/mol. The number of hydrogen-bond donors (Lipinski definition) is 1. The first-order chi connectivity index (χ1) is 9.23. The van der Waals surface area contributed by atoms with E-state index in [1.54, 1.807) is 27.0 Å². The molecule has 0 radical (unpaired) electrons. The number of para-hydroxylation sites is 1. The molecule has 1 N–H and O–H groups in total. The van der Waals surface area contributed by atoms with Gasteiger partial charge in [-0.1, -0.05) is 18.2 Å². The summed E-state index contributed by atoms with van der Waals surface area (Å²) >= 11 is 0. The van der Waals surface area contributed by atoms with Gasteiger partial charge >= 0.3 is 5.97 Å². The lowest BCUT2D eigenvalue weighted by molar-refractivity contribution is -0.150. The van der Waals surface area contributed by atoms with Crippen LogP contribution in [0.5, 0.6) is 5.75 Å². The number of carboxylic acids is 1. The van der Waals surface area contributed by atoms with Gasteiger partial charge in [0.2, 0.25) is 5.91 Å². The van der Waals surface area contributed by atoms with E-state index < -0.39 is 17.4 Å². The fourth-order valence-corrected chi connectivity index (χ4v) is 2.06. The molecule has 1 rings (SSSR count). The molecule has 110 valence electrons. The summed E-state index contributed by atoms with van der Waals surface area (Å²) in [4.78, 5) is 24.8. The van der Waals surface area contributed by atoms with E-state index in [1.165, 1.54) is 18.9 Å². The number of rotatable bonds is 5. The molecule has 5 heteroatoms. The van der Waals surface area contributed by atoms with E-state index in [1.807, 2.05) is 18.2 Å². The van der Waals surface area contributed by atoms with Crippen molar-refractivity contribution in [1.29, 1.82) is 0 Å². The van der Waals surface area contributed by atoms with Gasteiger partial charge in [-0.25, -0.2) is 4.79 Å². The Balaban J connectivity index is 3.15. The Kier molecular flexibility index (Phi) is 4.76. The maximum Gasteiger partial charge on any atom is 0.326 e. The lowest BCUT2D eigenvalue weighted by atomic mass is 9.82. The van der Waals surface area contributed by atoms with Gasteiger partial charge in [-0.3, -0.25) is 4.79 Å². The van der Waals surface area contributed by atoms with E-state index >= 15 is 0 Å². The summed E-state index contributed by atoms with van der Waals surface area (Å²) in [5.41, 5.74) is -0.137. The summed E-state index contributed by atoms with van der Waals surface area (Å²) in [5, 5.41) is 9.02. The Bertz CT molecular complexity index is 510. The van der Waals surface area contributed by atoms with Gasteiger partial charge in [0, 0.05) is 12.6 Å². The molecular weight excluding hydrogens is 258 g/mol. The monoisotopic (exact) mass is 279 g/mol. The highest BCUT2D eigenvalue weighted by molar-refractivity contribution is 5.91. The van der Waals surface area contributed by atoms with Crippen molar-refractivity contribution in [3.63, 3.8) is 0 Å². The summed E-state index contributed by atoms with van der Waals surface area (Å²) in [7, 11) is 3.04. The fourth-order valence-electron chi connectivity index (χ4n) is 2.06. The third kappa shape index (κ3) is 2.92. The van der Waals surface area contributed by atoms with Gasteiger partial charge in [0.1, 0.15) is 11.8 Å². The average Bonchev–Trinajstić information content (AvgIpc) is 2.44. The van der Waals surface area contributed by atoms with Crippen LogP contribution >= 0.6 is 0 Å². The molecule has 20 heavy (non-hydrogen) atoms. The summed E-state index contributed by atoms with van der Waals surface area (Å²) in [5.74, 6) is -0.684. The second-order valence-electron chi connectivity index (χ2n) is 5.26. The third-order valence-corrected chi connectivity index (χ3v) is 3.57. The summed E-state index contributed by atoms with van der Waals surface area (Å²) in [6.07, 6.45) is 0. The molecule has 1 amide bonds. The largest absolute Gasteiger partial charge is 0.496 e. The van der Waals surface area contributed by atoms with Gasteiger partial charge in [0.05, 0.1) is 12.5 Å². The van der Waals surface area contributed by atoms with Crippen molar-refractivity contribution in [2.24, 2.45) is 0 Å². The van der Waals surface area contributed by atoms with Crippen LogP contribution in [0.4, 0.5) is 0 Å². The third-order valence-electron chi connectivity index (χ3n) is 3.57. The minimum Gasteiger partial charge on any atom is -0.496 e. The molecule has 0 aromatic heterocycles. The fraction of sp³-hybridized carbons (Fsp3) is 0.467. The van der Waals surface area contributed by atoms with Crippen LogP contribution in [-0.4, -0.2) is 42.1 Å². The van der Waals surface area contributed by atoms with Crippen molar-refractivity contribution in [3.05, 3.63) is 29.8 Å². The second kappa shape index (κ2) is 5.94. The van der Waals surface area contributed by atoms with Crippen molar-refractivity contribution in [2.75, 3.05) is 14.2 Å². The van der Waals surface area contributed by atoms with Crippen LogP contribution in [0, 0.1) is 0 Å². The standard InChI is InChI=1S/C15H21NO4/c1-10(13(17)18)16(4)14(19)15(2,3)11-8-6-7-9-12(11)20-5/h6-10H,1-5H3,(H,17,18). The molecular formula is C15H21NO4. The number of benzene rings is 1. The molecule has 1 aromatic carbocycles. The quantitative estimate of drug-likeness (QED) is 0.894. The van der Waals surface area contributed by atoms with E-state index in [-0.39, 0.29) is 5.91 Å². The summed E-state index contributed by atoms with van der Waals surface area (Å²) in [6.45, 7) is 5.01. The van der Waals surface area contributed by atoms with Crippen LogP contribution in [0.1, 0.15) is 26.3 Å². The number of carbonyl (C=O) groups is 2. The Labute approximate surface area is 119 Å². The zero-order chi connectivity index (χ0) is 15.5. The normalized spacial score (nSPS) is 12.7. The molecule has 1 unspecified atom stereocenters. The number of ether oxygens (including phenoxy) is 1. The molecule has 0 aliphatic rings. The van der Waals surface area contributed by atoms with Crippen molar-refractivity contribution in [2.45, 2.75) is 32.2 Å².